The number of rotatable bonds is 5. The molecular formula is C16H20ClNO4. The highest BCUT2D eigenvalue weighted by Crippen LogP contribution is 2.25. The van der Waals surface area contributed by atoms with Gasteiger partial charge in [-0.1, -0.05) is 11.6 Å². The Balaban J connectivity index is 1.86. The highest BCUT2D eigenvalue weighted by atomic mass is 35.5. The molecule has 0 aliphatic carbocycles. The van der Waals surface area contributed by atoms with Crippen molar-refractivity contribution in [2.45, 2.75) is 39.0 Å². The number of nitrogens with zero attached hydrogens (tertiary/aromatic N) is 1. The van der Waals surface area contributed by atoms with Crippen LogP contribution in [-0.2, 0) is 9.53 Å². The van der Waals surface area contributed by atoms with Crippen molar-refractivity contribution < 1.29 is 19.1 Å². The summed E-state index contributed by atoms with van der Waals surface area (Å²) in [6.07, 6.45) is 2.30. The number of ether oxygens (including phenoxy) is 2. The maximum absolute atomic E-state index is 11.0. The number of hydrogen-bond acceptors (Lipinski definition) is 5. The summed E-state index contributed by atoms with van der Waals surface area (Å²) in [6, 6.07) is 5.07. The molecule has 1 atom stereocenters. The summed E-state index contributed by atoms with van der Waals surface area (Å²) in [6.45, 7) is 4.90. The number of halogens is 1. The fraction of sp³-hybridized carbons (Fsp3) is 0.500. The highest BCUT2D eigenvalue weighted by Gasteiger charge is 2.25. The fourth-order valence-electron chi connectivity index (χ4n) is 2.54. The Morgan fingerprint density at radius 2 is 2.09 bits per heavy atom. The van der Waals surface area contributed by atoms with Crippen molar-refractivity contribution in [3.05, 3.63) is 28.8 Å². The first-order valence-electron chi connectivity index (χ1n) is 7.32. The van der Waals surface area contributed by atoms with Crippen LogP contribution in [-0.4, -0.2) is 42.6 Å². The van der Waals surface area contributed by atoms with Crippen molar-refractivity contribution in [3.8, 4) is 5.75 Å². The van der Waals surface area contributed by atoms with E-state index < -0.39 is 0 Å². The van der Waals surface area contributed by atoms with Crippen LogP contribution in [0.1, 0.15) is 37.0 Å². The number of esters is 1. The standard InChI is InChI=1S/C16H20ClNO4/c1-11(21-12(2)20)18-7-5-14(6-8-18)22-15-4-3-13(10-19)16(17)9-15/h3-4,9-11,14H,5-8H2,1-2H3. The summed E-state index contributed by atoms with van der Waals surface area (Å²) in [7, 11) is 0. The van der Waals surface area contributed by atoms with Gasteiger partial charge in [-0.25, -0.2) is 0 Å². The van der Waals surface area contributed by atoms with Crippen LogP contribution in [0.2, 0.25) is 5.02 Å². The van der Waals surface area contributed by atoms with Crippen LogP contribution in [0.15, 0.2) is 18.2 Å². The van der Waals surface area contributed by atoms with E-state index in [1.54, 1.807) is 18.2 Å². The Morgan fingerprint density at radius 3 is 2.64 bits per heavy atom. The molecule has 120 valence electrons. The lowest BCUT2D eigenvalue weighted by atomic mass is 10.1. The van der Waals surface area contributed by atoms with Crippen molar-refractivity contribution in [2.75, 3.05) is 13.1 Å². The maximum Gasteiger partial charge on any atom is 0.304 e. The second-order valence-electron chi connectivity index (χ2n) is 5.36. The van der Waals surface area contributed by atoms with Gasteiger partial charge in [-0.05, 0) is 38.0 Å². The van der Waals surface area contributed by atoms with Gasteiger partial charge < -0.3 is 9.47 Å². The van der Waals surface area contributed by atoms with Crippen LogP contribution < -0.4 is 4.74 Å². The quantitative estimate of drug-likeness (QED) is 0.615. The molecule has 0 aromatic heterocycles. The molecule has 5 nitrogen and oxygen atoms in total. The van der Waals surface area contributed by atoms with E-state index in [-0.39, 0.29) is 18.3 Å². The molecule has 1 aliphatic rings. The zero-order chi connectivity index (χ0) is 16.1. The van der Waals surface area contributed by atoms with Crippen LogP contribution in [0.5, 0.6) is 5.75 Å². The number of carbonyl (C=O) groups excluding carboxylic acids is 2. The first kappa shape index (κ1) is 16.8. The second kappa shape index (κ2) is 7.61. The molecule has 0 bridgehead atoms. The lowest BCUT2D eigenvalue weighted by molar-refractivity contribution is -0.156. The van der Waals surface area contributed by atoms with Gasteiger partial charge in [-0.2, -0.15) is 0 Å². The molecule has 0 saturated carbocycles. The minimum Gasteiger partial charge on any atom is -0.490 e. The highest BCUT2D eigenvalue weighted by molar-refractivity contribution is 6.33. The molecule has 1 unspecified atom stereocenters. The SMILES string of the molecule is CC(=O)OC(C)N1CCC(Oc2ccc(C=O)c(Cl)c2)CC1. The molecule has 2 rings (SSSR count). The zero-order valence-electron chi connectivity index (χ0n) is 12.8. The number of likely N-dealkylation sites (tertiary alicyclic amines) is 1. The smallest absolute Gasteiger partial charge is 0.304 e. The first-order valence-corrected chi connectivity index (χ1v) is 7.70. The third kappa shape index (κ3) is 4.45. The van der Waals surface area contributed by atoms with E-state index in [4.69, 9.17) is 21.1 Å². The monoisotopic (exact) mass is 325 g/mol. The van der Waals surface area contributed by atoms with Gasteiger partial charge in [-0.3, -0.25) is 14.5 Å². The summed E-state index contributed by atoms with van der Waals surface area (Å²) < 4.78 is 11.1. The van der Waals surface area contributed by atoms with Crippen LogP contribution in [0.4, 0.5) is 0 Å². The lowest BCUT2D eigenvalue weighted by Gasteiger charge is -2.35. The third-order valence-corrected chi connectivity index (χ3v) is 4.06. The van der Waals surface area contributed by atoms with Gasteiger partial charge in [0.25, 0.3) is 0 Å². The van der Waals surface area contributed by atoms with Gasteiger partial charge in [-0.15, -0.1) is 0 Å². The Labute approximate surface area is 135 Å². The van der Waals surface area contributed by atoms with E-state index in [9.17, 15) is 9.59 Å². The summed E-state index contributed by atoms with van der Waals surface area (Å²) in [5.74, 6) is 0.401. The Hall–Kier alpha value is -1.59. The van der Waals surface area contributed by atoms with E-state index in [0.717, 1.165) is 32.2 Å². The summed E-state index contributed by atoms with van der Waals surface area (Å²) in [5, 5.41) is 0.397. The predicted octanol–water partition coefficient (Wildman–Crippen LogP) is 2.90. The summed E-state index contributed by atoms with van der Waals surface area (Å²) in [5.41, 5.74) is 0.457. The molecule has 0 spiro atoms. The average molecular weight is 326 g/mol. The molecule has 0 radical (unpaired) electrons. The molecule has 1 fully saturated rings. The lowest BCUT2D eigenvalue weighted by Crippen LogP contribution is -2.44. The number of benzene rings is 1. The number of hydrogen-bond donors (Lipinski definition) is 0. The molecule has 1 heterocycles. The van der Waals surface area contributed by atoms with Crippen molar-refractivity contribution in [1.82, 2.24) is 4.90 Å². The van der Waals surface area contributed by atoms with Crippen molar-refractivity contribution in [1.29, 1.82) is 0 Å². The molecule has 6 heteroatoms. The van der Waals surface area contributed by atoms with Gasteiger partial charge in [0.15, 0.2) is 12.5 Å². The van der Waals surface area contributed by atoms with E-state index >= 15 is 0 Å². The molecule has 1 aromatic rings. The van der Waals surface area contributed by atoms with Crippen molar-refractivity contribution in [3.63, 3.8) is 0 Å². The van der Waals surface area contributed by atoms with E-state index in [1.165, 1.54) is 6.92 Å². The first-order chi connectivity index (χ1) is 10.5. The number of carbonyl (C=O) groups is 2. The van der Waals surface area contributed by atoms with Gasteiger partial charge in [0.1, 0.15) is 11.9 Å². The minimum absolute atomic E-state index is 0.0962. The normalized spacial score (nSPS) is 17.8. The molecule has 1 aliphatic heterocycles. The number of piperidine rings is 1. The topological polar surface area (TPSA) is 55.8 Å². The van der Waals surface area contributed by atoms with Gasteiger partial charge in [0.2, 0.25) is 0 Å². The molecule has 1 saturated heterocycles. The van der Waals surface area contributed by atoms with Crippen LogP contribution >= 0.6 is 11.6 Å². The molecule has 0 amide bonds. The largest absolute Gasteiger partial charge is 0.490 e. The molecular weight excluding hydrogens is 306 g/mol. The molecule has 1 aromatic carbocycles. The number of aldehydes is 1. The Bertz CT molecular complexity index is 541. The van der Waals surface area contributed by atoms with E-state index in [0.29, 0.717) is 16.3 Å². The Morgan fingerprint density at radius 1 is 1.41 bits per heavy atom. The van der Waals surface area contributed by atoms with Gasteiger partial charge in [0, 0.05) is 25.6 Å². The predicted molar refractivity (Wildman–Crippen MR) is 83.3 cm³/mol. The third-order valence-electron chi connectivity index (χ3n) is 3.73. The maximum atomic E-state index is 11.0. The van der Waals surface area contributed by atoms with Gasteiger partial charge in [0.05, 0.1) is 5.02 Å². The van der Waals surface area contributed by atoms with E-state index in [1.807, 2.05) is 6.92 Å². The van der Waals surface area contributed by atoms with E-state index in [2.05, 4.69) is 4.90 Å². The van der Waals surface area contributed by atoms with Crippen molar-refractivity contribution >= 4 is 23.9 Å². The van der Waals surface area contributed by atoms with Crippen LogP contribution in [0.25, 0.3) is 0 Å². The van der Waals surface area contributed by atoms with Gasteiger partial charge >= 0.3 is 5.97 Å². The summed E-state index contributed by atoms with van der Waals surface area (Å²) >= 11 is 5.99. The second-order valence-corrected chi connectivity index (χ2v) is 5.77. The zero-order valence-corrected chi connectivity index (χ0v) is 13.5. The molecule has 22 heavy (non-hydrogen) atoms. The fourth-order valence-corrected chi connectivity index (χ4v) is 2.76. The Kier molecular flexibility index (Phi) is 5.80. The van der Waals surface area contributed by atoms with Crippen LogP contribution in [0.3, 0.4) is 0 Å². The van der Waals surface area contributed by atoms with Crippen LogP contribution in [0, 0.1) is 0 Å². The summed E-state index contributed by atoms with van der Waals surface area (Å²) in [4.78, 5) is 23.8. The average Bonchev–Trinajstić information content (AvgIpc) is 2.47. The minimum atomic E-state index is -0.268. The molecule has 0 N–H and O–H groups in total. The van der Waals surface area contributed by atoms with Crippen molar-refractivity contribution in [2.24, 2.45) is 0 Å².